The smallest absolute Gasteiger partial charge is 0.319 e. The van der Waals surface area contributed by atoms with Crippen molar-refractivity contribution in [2.45, 2.75) is 13.5 Å². The van der Waals surface area contributed by atoms with Gasteiger partial charge in [-0.1, -0.05) is 18.2 Å². The highest BCUT2D eigenvalue weighted by atomic mass is 16.2. The molecule has 0 aliphatic carbocycles. The molecule has 0 spiro atoms. The Morgan fingerprint density at radius 1 is 0.963 bits per heavy atom. The highest BCUT2D eigenvalue weighted by Crippen LogP contribution is 2.15. The quantitative estimate of drug-likeness (QED) is 0.650. The monoisotopic (exact) mass is 364 g/mol. The molecule has 7 nitrogen and oxygen atoms in total. The van der Waals surface area contributed by atoms with Crippen LogP contribution >= 0.6 is 0 Å². The van der Waals surface area contributed by atoms with Crippen LogP contribution in [0.3, 0.4) is 0 Å². The SMILES string of the molecule is CCNC(=O)Nc1cccc(NC(=O)Cn2ccc(=O)c3ccccc32)c1. The zero-order valence-electron chi connectivity index (χ0n) is 14.9. The zero-order chi connectivity index (χ0) is 19.2. The molecule has 0 saturated heterocycles. The summed E-state index contributed by atoms with van der Waals surface area (Å²) in [4.78, 5) is 36.0. The maximum atomic E-state index is 12.4. The lowest BCUT2D eigenvalue weighted by atomic mass is 10.2. The molecule has 0 saturated carbocycles. The molecule has 3 aromatic rings. The van der Waals surface area contributed by atoms with E-state index in [-0.39, 0.29) is 23.9 Å². The second kappa shape index (κ2) is 8.18. The third kappa shape index (κ3) is 4.52. The number of nitrogens with zero attached hydrogens (tertiary/aromatic N) is 1. The molecule has 3 N–H and O–H groups in total. The number of benzene rings is 2. The van der Waals surface area contributed by atoms with Crippen molar-refractivity contribution in [3.63, 3.8) is 0 Å². The molecule has 27 heavy (non-hydrogen) atoms. The summed E-state index contributed by atoms with van der Waals surface area (Å²) in [6.07, 6.45) is 1.61. The number of pyridine rings is 1. The van der Waals surface area contributed by atoms with Crippen LogP contribution < -0.4 is 21.4 Å². The largest absolute Gasteiger partial charge is 0.338 e. The first-order chi connectivity index (χ1) is 13.1. The Bertz CT molecular complexity index is 1040. The van der Waals surface area contributed by atoms with Gasteiger partial charge >= 0.3 is 6.03 Å². The number of hydrogen-bond donors (Lipinski definition) is 3. The van der Waals surface area contributed by atoms with Gasteiger partial charge in [0, 0.05) is 35.6 Å². The van der Waals surface area contributed by atoms with Crippen molar-refractivity contribution in [1.82, 2.24) is 9.88 Å². The van der Waals surface area contributed by atoms with Gasteiger partial charge in [0.25, 0.3) is 0 Å². The summed E-state index contributed by atoms with van der Waals surface area (Å²) in [5.41, 5.74) is 1.77. The van der Waals surface area contributed by atoms with E-state index in [0.717, 1.165) is 0 Å². The summed E-state index contributed by atoms with van der Waals surface area (Å²) in [5.74, 6) is -0.237. The molecule has 0 radical (unpaired) electrons. The topological polar surface area (TPSA) is 92.2 Å². The molecule has 2 aromatic carbocycles. The number of aromatic nitrogens is 1. The number of para-hydroxylation sites is 1. The van der Waals surface area contributed by atoms with Gasteiger partial charge in [-0.05, 0) is 37.3 Å². The molecule has 0 aliphatic rings. The van der Waals surface area contributed by atoms with E-state index in [1.54, 1.807) is 53.2 Å². The van der Waals surface area contributed by atoms with Gasteiger partial charge in [-0.25, -0.2) is 4.79 Å². The maximum Gasteiger partial charge on any atom is 0.319 e. The summed E-state index contributed by atoms with van der Waals surface area (Å²) in [7, 11) is 0. The van der Waals surface area contributed by atoms with E-state index in [1.165, 1.54) is 6.07 Å². The fraction of sp³-hybridized carbons (Fsp3) is 0.150. The molecular weight excluding hydrogens is 344 g/mol. The normalized spacial score (nSPS) is 10.4. The van der Waals surface area contributed by atoms with Crippen LogP contribution in [0.4, 0.5) is 16.2 Å². The summed E-state index contributed by atoms with van der Waals surface area (Å²) in [6.45, 7) is 2.42. The van der Waals surface area contributed by atoms with Crippen LogP contribution in [0.2, 0.25) is 0 Å². The predicted molar refractivity (Wildman–Crippen MR) is 106 cm³/mol. The minimum Gasteiger partial charge on any atom is -0.338 e. The van der Waals surface area contributed by atoms with Crippen molar-refractivity contribution >= 4 is 34.2 Å². The average Bonchev–Trinajstić information content (AvgIpc) is 2.65. The molecule has 0 unspecified atom stereocenters. The minimum absolute atomic E-state index is 0.0643. The van der Waals surface area contributed by atoms with Crippen LogP contribution in [0.15, 0.2) is 65.6 Å². The Balaban J connectivity index is 1.73. The van der Waals surface area contributed by atoms with Gasteiger partial charge in [-0.3, -0.25) is 9.59 Å². The highest BCUT2D eigenvalue weighted by molar-refractivity contribution is 5.94. The van der Waals surface area contributed by atoms with Crippen LogP contribution in [0.1, 0.15) is 6.92 Å². The number of urea groups is 1. The molecule has 1 aromatic heterocycles. The van der Waals surface area contributed by atoms with Crippen molar-refractivity contribution in [1.29, 1.82) is 0 Å². The lowest BCUT2D eigenvalue weighted by Crippen LogP contribution is -2.28. The molecule has 3 rings (SSSR count). The van der Waals surface area contributed by atoms with Crippen LogP contribution in [0.25, 0.3) is 10.9 Å². The van der Waals surface area contributed by atoms with Crippen molar-refractivity contribution in [3.8, 4) is 0 Å². The lowest BCUT2D eigenvalue weighted by molar-refractivity contribution is -0.116. The third-order valence-corrected chi connectivity index (χ3v) is 3.94. The van der Waals surface area contributed by atoms with Crippen LogP contribution in [-0.4, -0.2) is 23.1 Å². The molecular formula is C20H20N4O3. The van der Waals surface area contributed by atoms with Crippen molar-refractivity contribution < 1.29 is 9.59 Å². The number of hydrogen-bond acceptors (Lipinski definition) is 3. The van der Waals surface area contributed by atoms with E-state index in [4.69, 9.17) is 0 Å². The Hall–Kier alpha value is -3.61. The number of rotatable bonds is 5. The molecule has 1 heterocycles. The van der Waals surface area contributed by atoms with Crippen molar-refractivity contribution in [2.24, 2.45) is 0 Å². The van der Waals surface area contributed by atoms with Gasteiger partial charge in [0.2, 0.25) is 5.91 Å². The number of carbonyl (C=O) groups excluding carboxylic acids is 2. The first kappa shape index (κ1) is 18.2. The standard InChI is InChI=1S/C20H20N4O3/c1-2-21-20(27)23-15-7-5-6-14(12-15)22-19(26)13-24-11-10-18(25)16-8-3-4-9-17(16)24/h3-12H,2,13H2,1H3,(H,22,26)(H2,21,23,27). The minimum atomic E-state index is -0.305. The number of nitrogens with one attached hydrogen (secondary N) is 3. The van der Waals surface area contributed by atoms with Crippen LogP contribution in [0.5, 0.6) is 0 Å². The van der Waals surface area contributed by atoms with Gasteiger partial charge in [0.1, 0.15) is 6.54 Å². The molecule has 7 heteroatoms. The molecule has 0 bridgehead atoms. The van der Waals surface area contributed by atoms with E-state index in [0.29, 0.717) is 28.8 Å². The van der Waals surface area contributed by atoms with Gasteiger partial charge in [-0.15, -0.1) is 0 Å². The van der Waals surface area contributed by atoms with Crippen molar-refractivity contribution in [3.05, 3.63) is 71.0 Å². The second-order valence-corrected chi connectivity index (χ2v) is 5.94. The van der Waals surface area contributed by atoms with Gasteiger partial charge in [-0.2, -0.15) is 0 Å². The number of amides is 3. The lowest BCUT2D eigenvalue weighted by Gasteiger charge is -2.12. The number of anilines is 2. The Morgan fingerprint density at radius 2 is 1.70 bits per heavy atom. The molecule has 3 amide bonds. The van der Waals surface area contributed by atoms with Crippen LogP contribution in [-0.2, 0) is 11.3 Å². The van der Waals surface area contributed by atoms with E-state index >= 15 is 0 Å². The first-order valence-corrected chi connectivity index (χ1v) is 8.60. The predicted octanol–water partition coefficient (Wildman–Crippen LogP) is 2.78. The van der Waals surface area contributed by atoms with E-state index in [1.807, 2.05) is 13.0 Å². The fourth-order valence-corrected chi connectivity index (χ4v) is 2.76. The number of fused-ring (bicyclic) bond motifs is 1. The summed E-state index contributed by atoms with van der Waals surface area (Å²) in [6, 6.07) is 15.2. The number of carbonyl (C=O) groups is 2. The summed E-state index contributed by atoms with van der Waals surface area (Å²) >= 11 is 0. The fourth-order valence-electron chi connectivity index (χ4n) is 2.76. The molecule has 0 aliphatic heterocycles. The Kier molecular flexibility index (Phi) is 5.51. The van der Waals surface area contributed by atoms with E-state index in [9.17, 15) is 14.4 Å². The van der Waals surface area contributed by atoms with Crippen molar-refractivity contribution in [2.75, 3.05) is 17.2 Å². The van der Waals surface area contributed by atoms with Gasteiger partial charge in [0.05, 0.1) is 5.52 Å². The summed E-state index contributed by atoms with van der Waals surface area (Å²) < 4.78 is 1.73. The molecule has 0 fully saturated rings. The maximum absolute atomic E-state index is 12.4. The summed E-state index contributed by atoms with van der Waals surface area (Å²) in [5, 5.41) is 8.71. The van der Waals surface area contributed by atoms with E-state index in [2.05, 4.69) is 16.0 Å². The molecule has 138 valence electrons. The van der Waals surface area contributed by atoms with Gasteiger partial charge in [0.15, 0.2) is 5.43 Å². The average molecular weight is 364 g/mol. The molecule has 0 atom stereocenters. The Labute approximate surface area is 156 Å². The van der Waals surface area contributed by atoms with Gasteiger partial charge < -0.3 is 20.5 Å². The van der Waals surface area contributed by atoms with E-state index < -0.39 is 0 Å². The Morgan fingerprint density at radius 3 is 2.48 bits per heavy atom. The third-order valence-electron chi connectivity index (χ3n) is 3.94. The first-order valence-electron chi connectivity index (χ1n) is 8.60. The second-order valence-electron chi connectivity index (χ2n) is 5.94. The zero-order valence-corrected chi connectivity index (χ0v) is 14.9. The highest BCUT2D eigenvalue weighted by Gasteiger charge is 2.08. The van der Waals surface area contributed by atoms with Crippen LogP contribution in [0, 0.1) is 0 Å².